The molecule has 0 saturated carbocycles. The van der Waals surface area contributed by atoms with Crippen LogP contribution in [0.3, 0.4) is 0 Å². The molecule has 2 N–H and O–H groups in total. The fraction of sp³-hybridized carbons (Fsp3) is 0.667. The Hall–Kier alpha value is -1.66. The first-order valence-corrected chi connectivity index (χ1v) is 6.49. The molecule has 0 bridgehead atoms. The number of rotatable bonds is 8. The number of nitriles is 1. The predicted octanol–water partition coefficient (Wildman–Crippen LogP) is -0.986. The van der Waals surface area contributed by atoms with Crippen LogP contribution in [0.1, 0.15) is 6.92 Å². The van der Waals surface area contributed by atoms with Crippen molar-refractivity contribution in [3.8, 4) is 6.07 Å². The van der Waals surface area contributed by atoms with E-state index >= 15 is 0 Å². The van der Waals surface area contributed by atoms with Crippen molar-refractivity contribution < 1.29 is 4.79 Å². The van der Waals surface area contributed by atoms with Crippen molar-refractivity contribution in [2.24, 2.45) is 0 Å². The molecule has 1 aromatic rings. The minimum absolute atomic E-state index is 0.0186. The van der Waals surface area contributed by atoms with Crippen LogP contribution in [0.2, 0.25) is 0 Å². The highest BCUT2D eigenvalue weighted by molar-refractivity contribution is 7.99. The van der Waals surface area contributed by atoms with Crippen LogP contribution in [0.4, 0.5) is 0 Å². The molecule has 0 fully saturated rings. The van der Waals surface area contributed by atoms with Crippen molar-refractivity contribution in [1.82, 2.24) is 30.8 Å². The first kappa shape index (κ1) is 14.4. The molecule has 1 amide bonds. The van der Waals surface area contributed by atoms with E-state index in [1.54, 1.807) is 4.68 Å². The Morgan fingerprint density at radius 1 is 1.61 bits per heavy atom. The van der Waals surface area contributed by atoms with Crippen LogP contribution in [0, 0.1) is 11.3 Å². The molecule has 1 rings (SSSR count). The van der Waals surface area contributed by atoms with Crippen LogP contribution in [-0.4, -0.2) is 51.5 Å². The van der Waals surface area contributed by atoms with E-state index < -0.39 is 0 Å². The molecule has 0 aliphatic rings. The largest absolute Gasteiger partial charge is 0.342 e. The number of carbonyl (C=O) groups is 1. The van der Waals surface area contributed by atoms with Crippen LogP contribution < -0.4 is 10.6 Å². The summed E-state index contributed by atoms with van der Waals surface area (Å²) in [5.74, 6) is -0.00808. The van der Waals surface area contributed by atoms with Gasteiger partial charge in [0, 0.05) is 6.54 Å². The Morgan fingerprint density at radius 3 is 3.17 bits per heavy atom. The minimum Gasteiger partial charge on any atom is -0.342 e. The number of carbonyl (C=O) groups excluding carboxylic acids is 1. The molecule has 98 valence electrons. The molecular weight excluding hydrogens is 254 g/mol. The maximum absolute atomic E-state index is 11.3. The summed E-state index contributed by atoms with van der Waals surface area (Å²) >= 11 is 1.25. The molecule has 0 spiro atoms. The average molecular weight is 269 g/mol. The summed E-state index contributed by atoms with van der Waals surface area (Å²) in [6, 6.07) is 1.84. The Labute approximate surface area is 109 Å². The molecule has 8 nitrogen and oxygen atoms in total. The number of hydrogen-bond acceptors (Lipinski definition) is 7. The second kappa shape index (κ2) is 8.43. The molecule has 9 heteroatoms. The molecule has 0 aromatic carbocycles. The predicted molar refractivity (Wildman–Crippen MR) is 65.7 cm³/mol. The van der Waals surface area contributed by atoms with Gasteiger partial charge in [-0.2, -0.15) is 5.26 Å². The molecule has 0 aliphatic heterocycles. The number of amides is 1. The lowest BCUT2D eigenvalue weighted by Crippen LogP contribution is -2.25. The van der Waals surface area contributed by atoms with Gasteiger partial charge in [-0.1, -0.05) is 18.7 Å². The highest BCUT2D eigenvalue weighted by Gasteiger charge is 2.09. The summed E-state index contributed by atoms with van der Waals surface area (Å²) in [4.78, 5) is 11.3. The van der Waals surface area contributed by atoms with Gasteiger partial charge in [0.05, 0.1) is 18.4 Å². The topological polar surface area (TPSA) is 109 Å². The molecule has 0 saturated heterocycles. The molecule has 1 heterocycles. The number of thioether (sulfide) groups is 1. The second-order valence-electron chi connectivity index (χ2n) is 3.26. The monoisotopic (exact) mass is 269 g/mol. The van der Waals surface area contributed by atoms with Gasteiger partial charge in [-0.25, -0.2) is 4.68 Å². The van der Waals surface area contributed by atoms with Crippen LogP contribution in [0.15, 0.2) is 5.16 Å². The zero-order chi connectivity index (χ0) is 13.2. The highest BCUT2D eigenvalue weighted by Crippen LogP contribution is 2.12. The Morgan fingerprint density at radius 2 is 2.44 bits per heavy atom. The smallest absolute Gasteiger partial charge is 0.231 e. The van der Waals surface area contributed by atoms with Gasteiger partial charge in [-0.15, -0.1) is 5.10 Å². The van der Waals surface area contributed by atoms with Gasteiger partial charge < -0.3 is 10.6 Å². The Balaban J connectivity index is 2.35. The van der Waals surface area contributed by atoms with E-state index in [-0.39, 0.29) is 18.2 Å². The third-order valence-corrected chi connectivity index (χ3v) is 2.90. The van der Waals surface area contributed by atoms with E-state index in [0.717, 1.165) is 13.1 Å². The number of aromatic nitrogens is 4. The summed E-state index contributed by atoms with van der Waals surface area (Å²) in [6.45, 7) is 4.36. The van der Waals surface area contributed by atoms with Gasteiger partial charge >= 0.3 is 0 Å². The van der Waals surface area contributed by atoms with Crippen molar-refractivity contribution in [2.75, 3.05) is 25.4 Å². The van der Waals surface area contributed by atoms with Crippen molar-refractivity contribution in [3.63, 3.8) is 0 Å². The lowest BCUT2D eigenvalue weighted by atomic mass is 10.6. The normalized spacial score (nSPS) is 10.0. The SMILES string of the molecule is CCNCCn1nnnc1SCC(=O)NCC#N. The van der Waals surface area contributed by atoms with Crippen molar-refractivity contribution in [2.45, 2.75) is 18.6 Å². The van der Waals surface area contributed by atoms with Crippen LogP contribution >= 0.6 is 11.8 Å². The van der Waals surface area contributed by atoms with Gasteiger partial charge in [0.25, 0.3) is 0 Å². The maximum atomic E-state index is 11.3. The average Bonchev–Trinajstić information content (AvgIpc) is 2.82. The first-order valence-electron chi connectivity index (χ1n) is 5.51. The lowest BCUT2D eigenvalue weighted by Gasteiger charge is -2.04. The number of nitrogens with one attached hydrogen (secondary N) is 2. The van der Waals surface area contributed by atoms with Crippen LogP contribution in [0.5, 0.6) is 0 Å². The van der Waals surface area contributed by atoms with Gasteiger partial charge in [-0.05, 0) is 17.0 Å². The van der Waals surface area contributed by atoms with Gasteiger partial charge in [0.15, 0.2) is 0 Å². The summed E-state index contributed by atoms with van der Waals surface area (Å²) in [7, 11) is 0. The standard InChI is InChI=1S/C9H15N7OS/c1-2-11-5-6-16-9(13-14-15-16)18-7-8(17)12-4-3-10/h11H,2,4-7H2,1H3,(H,12,17). The number of likely N-dealkylation sites (N-methyl/N-ethyl adjacent to an activating group) is 1. The fourth-order valence-corrected chi connectivity index (χ4v) is 1.85. The van der Waals surface area contributed by atoms with E-state index in [0.29, 0.717) is 11.7 Å². The van der Waals surface area contributed by atoms with E-state index in [1.807, 2.05) is 13.0 Å². The molecule has 0 radical (unpaired) electrons. The van der Waals surface area contributed by atoms with Crippen molar-refractivity contribution in [1.29, 1.82) is 5.26 Å². The quantitative estimate of drug-likeness (QED) is 0.354. The maximum Gasteiger partial charge on any atom is 0.231 e. The fourth-order valence-electron chi connectivity index (χ4n) is 1.12. The number of hydrogen-bond donors (Lipinski definition) is 2. The van der Waals surface area contributed by atoms with E-state index in [1.165, 1.54) is 11.8 Å². The molecule has 18 heavy (non-hydrogen) atoms. The van der Waals surface area contributed by atoms with Crippen molar-refractivity contribution >= 4 is 17.7 Å². The van der Waals surface area contributed by atoms with Crippen LogP contribution in [-0.2, 0) is 11.3 Å². The number of nitrogens with zero attached hydrogens (tertiary/aromatic N) is 5. The van der Waals surface area contributed by atoms with Gasteiger partial charge in [0.1, 0.15) is 6.54 Å². The molecular formula is C9H15N7OS. The summed E-state index contributed by atoms with van der Waals surface area (Å²) in [5.41, 5.74) is 0. The third kappa shape index (κ3) is 5.11. The van der Waals surface area contributed by atoms with E-state index in [2.05, 4.69) is 26.2 Å². The molecule has 0 aliphatic carbocycles. The zero-order valence-electron chi connectivity index (χ0n) is 10.1. The summed E-state index contributed by atoms with van der Waals surface area (Å²) in [6.07, 6.45) is 0. The zero-order valence-corrected chi connectivity index (χ0v) is 10.9. The molecule has 1 aromatic heterocycles. The molecule has 0 atom stereocenters. The van der Waals surface area contributed by atoms with E-state index in [9.17, 15) is 4.79 Å². The van der Waals surface area contributed by atoms with Crippen molar-refractivity contribution in [3.05, 3.63) is 0 Å². The first-order chi connectivity index (χ1) is 8.77. The van der Waals surface area contributed by atoms with Gasteiger partial charge in [-0.3, -0.25) is 4.79 Å². The Bertz CT molecular complexity index is 413. The summed E-state index contributed by atoms with van der Waals surface area (Å²) in [5, 5.41) is 25.8. The highest BCUT2D eigenvalue weighted by atomic mass is 32.2. The second-order valence-corrected chi connectivity index (χ2v) is 4.20. The minimum atomic E-state index is -0.206. The summed E-state index contributed by atoms with van der Waals surface area (Å²) < 4.78 is 1.64. The lowest BCUT2D eigenvalue weighted by molar-refractivity contribution is -0.118. The van der Waals surface area contributed by atoms with E-state index in [4.69, 9.17) is 5.26 Å². The Kier molecular flexibility index (Phi) is 6.75. The van der Waals surface area contributed by atoms with Crippen LogP contribution in [0.25, 0.3) is 0 Å². The van der Waals surface area contributed by atoms with Gasteiger partial charge in [0.2, 0.25) is 11.1 Å². The molecule has 0 unspecified atom stereocenters. The number of tetrazole rings is 1. The third-order valence-electron chi connectivity index (χ3n) is 1.95.